The Labute approximate surface area is 124 Å². The van der Waals surface area contributed by atoms with Crippen LogP contribution in [0.25, 0.3) is 10.9 Å². The number of hydrogen-bond donors (Lipinski definition) is 1. The Morgan fingerprint density at radius 2 is 2.33 bits per heavy atom. The number of carbonyl (C=O) groups is 1. The van der Waals surface area contributed by atoms with E-state index in [-0.39, 0.29) is 5.91 Å². The third-order valence-electron chi connectivity index (χ3n) is 4.20. The van der Waals surface area contributed by atoms with Crippen molar-refractivity contribution in [3.05, 3.63) is 29.5 Å². The van der Waals surface area contributed by atoms with Gasteiger partial charge in [-0.05, 0) is 38.8 Å². The third kappa shape index (κ3) is 2.53. The minimum atomic E-state index is -0.680. The fourth-order valence-corrected chi connectivity index (χ4v) is 2.89. The smallest absolute Gasteiger partial charge is 0.252 e. The number of ether oxygens (including phenoxy) is 1. The Bertz CT molecular complexity index is 684. The van der Waals surface area contributed by atoms with E-state index >= 15 is 0 Å². The van der Waals surface area contributed by atoms with E-state index in [0.717, 1.165) is 29.4 Å². The van der Waals surface area contributed by atoms with Crippen LogP contribution >= 0.6 is 0 Å². The molecule has 1 saturated heterocycles. The minimum Gasteiger partial charge on any atom is -0.365 e. The number of fused-ring (bicyclic) bond motifs is 1. The summed E-state index contributed by atoms with van der Waals surface area (Å²) in [5.74, 6) is -0.0496. The van der Waals surface area contributed by atoms with E-state index in [1.165, 1.54) is 5.56 Å². The SMILES string of the molecule is Cc1ccc2c(c1)c(CNC(=O)[C@]1(C)CCCO1)nn2C. The van der Waals surface area contributed by atoms with Crippen LogP contribution in [0.5, 0.6) is 0 Å². The zero-order valence-corrected chi connectivity index (χ0v) is 12.8. The van der Waals surface area contributed by atoms with Crippen LogP contribution in [0.1, 0.15) is 31.0 Å². The number of aryl methyl sites for hydroxylation is 2. The van der Waals surface area contributed by atoms with Crippen LogP contribution in [0, 0.1) is 6.92 Å². The van der Waals surface area contributed by atoms with Crippen LogP contribution in [0.4, 0.5) is 0 Å². The van der Waals surface area contributed by atoms with Gasteiger partial charge in [-0.3, -0.25) is 9.48 Å². The molecule has 2 aromatic rings. The first-order valence-corrected chi connectivity index (χ1v) is 7.34. The number of hydrogen-bond acceptors (Lipinski definition) is 3. The second-order valence-electron chi connectivity index (χ2n) is 5.96. The Morgan fingerprint density at radius 3 is 3.05 bits per heavy atom. The normalized spacial score (nSPS) is 21.9. The third-order valence-corrected chi connectivity index (χ3v) is 4.20. The standard InChI is InChI=1S/C16H21N3O2/c1-11-5-6-14-12(9-11)13(18-19(14)3)10-17-15(20)16(2)7-4-8-21-16/h5-6,9H,4,7-8,10H2,1-3H3,(H,17,20)/t16-/m0/s1. The molecule has 0 aliphatic carbocycles. The van der Waals surface area contributed by atoms with Gasteiger partial charge in [0.15, 0.2) is 0 Å². The van der Waals surface area contributed by atoms with E-state index in [2.05, 4.69) is 35.5 Å². The number of nitrogens with zero attached hydrogens (tertiary/aromatic N) is 2. The molecule has 3 rings (SSSR count). The summed E-state index contributed by atoms with van der Waals surface area (Å²) in [6, 6.07) is 6.24. The van der Waals surface area contributed by atoms with Gasteiger partial charge in [-0.15, -0.1) is 0 Å². The van der Waals surface area contributed by atoms with E-state index in [9.17, 15) is 4.79 Å². The Morgan fingerprint density at radius 1 is 1.52 bits per heavy atom. The van der Waals surface area contributed by atoms with Crippen LogP contribution in [-0.4, -0.2) is 27.9 Å². The van der Waals surface area contributed by atoms with Gasteiger partial charge < -0.3 is 10.1 Å². The first kappa shape index (κ1) is 14.1. The Hall–Kier alpha value is -1.88. The molecule has 1 aromatic heterocycles. The largest absolute Gasteiger partial charge is 0.365 e. The fraction of sp³-hybridized carbons (Fsp3) is 0.500. The zero-order valence-electron chi connectivity index (χ0n) is 12.8. The highest BCUT2D eigenvalue weighted by atomic mass is 16.5. The molecule has 1 fully saturated rings. The molecule has 0 radical (unpaired) electrons. The molecule has 2 heterocycles. The molecule has 1 aliphatic rings. The minimum absolute atomic E-state index is 0.0496. The molecule has 1 N–H and O–H groups in total. The van der Waals surface area contributed by atoms with Gasteiger partial charge in [-0.2, -0.15) is 5.10 Å². The van der Waals surface area contributed by atoms with Gasteiger partial charge in [0.05, 0.1) is 17.8 Å². The molecule has 21 heavy (non-hydrogen) atoms. The molecule has 1 atom stereocenters. The molecule has 0 unspecified atom stereocenters. The highest BCUT2D eigenvalue weighted by molar-refractivity contribution is 5.86. The molecule has 1 aromatic carbocycles. The quantitative estimate of drug-likeness (QED) is 0.940. The topological polar surface area (TPSA) is 56.1 Å². The van der Waals surface area contributed by atoms with Crippen molar-refractivity contribution in [3.63, 3.8) is 0 Å². The van der Waals surface area contributed by atoms with Crippen molar-refractivity contribution in [1.29, 1.82) is 0 Å². The lowest BCUT2D eigenvalue weighted by Gasteiger charge is -2.21. The lowest BCUT2D eigenvalue weighted by Crippen LogP contribution is -2.43. The molecule has 0 spiro atoms. The Balaban J connectivity index is 1.79. The molecule has 5 nitrogen and oxygen atoms in total. The average molecular weight is 287 g/mol. The monoisotopic (exact) mass is 287 g/mol. The summed E-state index contributed by atoms with van der Waals surface area (Å²) in [6.07, 6.45) is 1.72. The fourth-order valence-electron chi connectivity index (χ4n) is 2.89. The molecule has 0 bridgehead atoms. The van der Waals surface area contributed by atoms with E-state index < -0.39 is 5.60 Å². The molecule has 1 aliphatic heterocycles. The van der Waals surface area contributed by atoms with E-state index in [4.69, 9.17) is 4.74 Å². The maximum atomic E-state index is 12.3. The molecule has 5 heteroatoms. The van der Waals surface area contributed by atoms with Crippen molar-refractivity contribution in [2.75, 3.05) is 6.61 Å². The van der Waals surface area contributed by atoms with Crippen molar-refractivity contribution in [2.24, 2.45) is 7.05 Å². The lowest BCUT2D eigenvalue weighted by atomic mass is 10.0. The summed E-state index contributed by atoms with van der Waals surface area (Å²) < 4.78 is 7.42. The van der Waals surface area contributed by atoms with Gasteiger partial charge in [0.25, 0.3) is 5.91 Å². The van der Waals surface area contributed by atoms with Crippen molar-refractivity contribution in [3.8, 4) is 0 Å². The van der Waals surface area contributed by atoms with Crippen LogP contribution in [0.3, 0.4) is 0 Å². The lowest BCUT2D eigenvalue weighted by molar-refractivity contribution is -0.139. The van der Waals surface area contributed by atoms with Crippen molar-refractivity contribution in [2.45, 2.75) is 38.8 Å². The second kappa shape index (κ2) is 5.15. The summed E-state index contributed by atoms with van der Waals surface area (Å²) >= 11 is 0. The van der Waals surface area contributed by atoms with E-state index in [0.29, 0.717) is 13.2 Å². The predicted octanol–water partition coefficient (Wildman–Crippen LogP) is 2.07. The van der Waals surface area contributed by atoms with Gasteiger partial charge in [0, 0.05) is 19.0 Å². The maximum Gasteiger partial charge on any atom is 0.252 e. The van der Waals surface area contributed by atoms with Gasteiger partial charge in [-0.1, -0.05) is 11.6 Å². The summed E-state index contributed by atoms with van der Waals surface area (Å²) in [4.78, 5) is 12.3. The average Bonchev–Trinajstić information content (AvgIpc) is 3.02. The highest BCUT2D eigenvalue weighted by Crippen LogP contribution is 2.25. The van der Waals surface area contributed by atoms with E-state index in [1.54, 1.807) is 0 Å². The summed E-state index contributed by atoms with van der Waals surface area (Å²) in [5.41, 5.74) is 2.48. The van der Waals surface area contributed by atoms with Gasteiger partial charge in [-0.25, -0.2) is 0 Å². The van der Waals surface area contributed by atoms with Crippen molar-refractivity contribution < 1.29 is 9.53 Å². The second-order valence-corrected chi connectivity index (χ2v) is 5.96. The molecular weight excluding hydrogens is 266 g/mol. The van der Waals surface area contributed by atoms with Crippen LogP contribution in [-0.2, 0) is 23.1 Å². The van der Waals surface area contributed by atoms with Crippen molar-refractivity contribution >= 4 is 16.8 Å². The number of nitrogens with one attached hydrogen (secondary N) is 1. The van der Waals surface area contributed by atoms with Crippen LogP contribution in [0.2, 0.25) is 0 Å². The van der Waals surface area contributed by atoms with Crippen LogP contribution < -0.4 is 5.32 Å². The maximum absolute atomic E-state index is 12.3. The Kier molecular flexibility index (Phi) is 3.45. The molecular formula is C16H21N3O2. The number of benzene rings is 1. The number of carbonyl (C=O) groups excluding carboxylic acids is 1. The first-order chi connectivity index (χ1) is 9.99. The molecule has 1 amide bonds. The molecule has 112 valence electrons. The summed E-state index contributed by atoms with van der Waals surface area (Å²) in [7, 11) is 1.92. The van der Waals surface area contributed by atoms with Gasteiger partial charge >= 0.3 is 0 Å². The highest BCUT2D eigenvalue weighted by Gasteiger charge is 2.37. The molecule has 0 saturated carbocycles. The predicted molar refractivity (Wildman–Crippen MR) is 80.9 cm³/mol. The van der Waals surface area contributed by atoms with Crippen LogP contribution in [0.15, 0.2) is 18.2 Å². The zero-order chi connectivity index (χ0) is 15.0. The number of amides is 1. The van der Waals surface area contributed by atoms with Gasteiger partial charge in [0.2, 0.25) is 0 Å². The summed E-state index contributed by atoms with van der Waals surface area (Å²) in [6.45, 7) is 5.01. The van der Waals surface area contributed by atoms with E-state index in [1.807, 2.05) is 18.7 Å². The number of rotatable bonds is 3. The number of aromatic nitrogens is 2. The van der Waals surface area contributed by atoms with Crippen molar-refractivity contribution in [1.82, 2.24) is 15.1 Å². The van der Waals surface area contributed by atoms with Gasteiger partial charge in [0.1, 0.15) is 5.60 Å². The first-order valence-electron chi connectivity index (χ1n) is 7.34. The summed E-state index contributed by atoms with van der Waals surface area (Å²) in [5, 5.41) is 8.57.